The largest absolute Gasteiger partial charge is 0.464 e. The van der Waals surface area contributed by atoms with Crippen LogP contribution in [0.1, 0.15) is 18.1 Å². The van der Waals surface area contributed by atoms with Crippen LogP contribution in [0.25, 0.3) is 0 Å². The lowest BCUT2D eigenvalue weighted by atomic mass is 9.85. The molecular weight excluding hydrogens is 218 g/mol. The summed E-state index contributed by atoms with van der Waals surface area (Å²) in [5.41, 5.74) is 1.11. The molecule has 0 bridgehead atoms. The van der Waals surface area contributed by atoms with Gasteiger partial charge in [-0.2, -0.15) is 0 Å². The maximum atomic E-state index is 12.1. The third-order valence-electron chi connectivity index (χ3n) is 3.10. The summed E-state index contributed by atoms with van der Waals surface area (Å²) < 4.78 is 10.7. The van der Waals surface area contributed by atoms with Gasteiger partial charge in [-0.3, -0.25) is 5.32 Å². The summed E-state index contributed by atoms with van der Waals surface area (Å²) in [7, 11) is 1.75. The number of carbonyl (C=O) groups is 1. The lowest BCUT2D eigenvalue weighted by molar-refractivity contribution is -0.156. The molecule has 0 saturated carbocycles. The Balaban J connectivity index is 2.45. The smallest absolute Gasteiger partial charge is 0.333 e. The summed E-state index contributed by atoms with van der Waals surface area (Å²) in [6.45, 7) is 3.01. The van der Waals surface area contributed by atoms with Crippen LogP contribution in [0.15, 0.2) is 24.3 Å². The van der Waals surface area contributed by atoms with Crippen molar-refractivity contribution in [3.63, 3.8) is 0 Å². The number of carbonyl (C=O) groups excluding carboxylic acids is 1. The van der Waals surface area contributed by atoms with Gasteiger partial charge in [-0.25, -0.2) is 4.79 Å². The number of hydrogen-bond acceptors (Lipinski definition) is 4. The van der Waals surface area contributed by atoms with Gasteiger partial charge in [0.25, 0.3) is 0 Å². The van der Waals surface area contributed by atoms with Crippen LogP contribution in [-0.2, 0) is 26.4 Å². The van der Waals surface area contributed by atoms with Crippen molar-refractivity contribution in [3.8, 4) is 0 Å². The number of benzene rings is 1. The van der Waals surface area contributed by atoms with E-state index in [9.17, 15) is 4.79 Å². The Morgan fingerprint density at radius 1 is 1.53 bits per heavy atom. The van der Waals surface area contributed by atoms with E-state index in [2.05, 4.69) is 5.32 Å². The van der Waals surface area contributed by atoms with E-state index in [1.807, 2.05) is 24.3 Å². The van der Waals surface area contributed by atoms with Crippen LogP contribution in [0.2, 0.25) is 0 Å². The highest BCUT2D eigenvalue weighted by Gasteiger charge is 2.44. The minimum atomic E-state index is -0.870. The van der Waals surface area contributed by atoms with E-state index in [0.29, 0.717) is 19.8 Å². The van der Waals surface area contributed by atoms with Gasteiger partial charge in [0.05, 0.1) is 19.8 Å². The Morgan fingerprint density at radius 3 is 3.00 bits per heavy atom. The average molecular weight is 235 g/mol. The average Bonchev–Trinajstić information content (AvgIpc) is 2.38. The van der Waals surface area contributed by atoms with Gasteiger partial charge < -0.3 is 9.47 Å². The molecular formula is C13H17NO3. The highest BCUT2D eigenvalue weighted by molar-refractivity contribution is 5.83. The molecule has 92 valence electrons. The van der Waals surface area contributed by atoms with Crippen LogP contribution in [0, 0.1) is 0 Å². The number of hydrogen-bond donors (Lipinski definition) is 1. The molecule has 1 atom stereocenters. The van der Waals surface area contributed by atoms with Crippen molar-refractivity contribution in [2.24, 2.45) is 0 Å². The second-order valence-corrected chi connectivity index (χ2v) is 4.03. The third-order valence-corrected chi connectivity index (χ3v) is 3.10. The van der Waals surface area contributed by atoms with Gasteiger partial charge in [0, 0.05) is 0 Å². The summed E-state index contributed by atoms with van der Waals surface area (Å²) in [6.07, 6.45) is 0. The zero-order valence-electron chi connectivity index (χ0n) is 10.2. The molecule has 1 aromatic rings. The molecule has 4 nitrogen and oxygen atoms in total. The lowest BCUT2D eigenvalue weighted by Gasteiger charge is -2.36. The Bertz CT molecular complexity index is 419. The minimum Gasteiger partial charge on any atom is -0.464 e. The van der Waals surface area contributed by atoms with Crippen LogP contribution < -0.4 is 5.32 Å². The molecule has 1 aromatic carbocycles. The van der Waals surface area contributed by atoms with Gasteiger partial charge in [0.15, 0.2) is 5.54 Å². The standard InChI is InChI=1S/C13H17NO3/c1-3-17-12(15)13(14-2)9-16-8-10-6-4-5-7-11(10)13/h4-7,14H,3,8-9H2,1-2H3. The molecule has 0 aromatic heterocycles. The summed E-state index contributed by atoms with van der Waals surface area (Å²) in [5, 5.41) is 3.06. The Morgan fingerprint density at radius 2 is 2.29 bits per heavy atom. The molecule has 1 heterocycles. The van der Waals surface area contributed by atoms with Gasteiger partial charge in [0.2, 0.25) is 0 Å². The second kappa shape index (κ2) is 4.85. The van der Waals surface area contributed by atoms with Crippen molar-refractivity contribution in [2.75, 3.05) is 20.3 Å². The molecule has 1 unspecified atom stereocenters. The quantitative estimate of drug-likeness (QED) is 0.800. The van der Waals surface area contributed by atoms with Gasteiger partial charge in [-0.15, -0.1) is 0 Å². The molecule has 0 saturated heterocycles. The molecule has 2 rings (SSSR count). The van der Waals surface area contributed by atoms with E-state index in [-0.39, 0.29) is 5.97 Å². The Hall–Kier alpha value is -1.39. The van der Waals surface area contributed by atoms with E-state index >= 15 is 0 Å². The molecule has 0 aliphatic carbocycles. The fourth-order valence-corrected chi connectivity index (χ4v) is 2.19. The first-order valence-electron chi connectivity index (χ1n) is 5.77. The fourth-order valence-electron chi connectivity index (χ4n) is 2.19. The van der Waals surface area contributed by atoms with Crippen molar-refractivity contribution in [1.29, 1.82) is 0 Å². The predicted octanol–water partition coefficient (Wildman–Crippen LogP) is 1.19. The molecule has 1 aliphatic rings. The zero-order valence-corrected chi connectivity index (χ0v) is 10.2. The number of nitrogens with one attached hydrogen (secondary N) is 1. The van der Waals surface area contributed by atoms with E-state index in [1.54, 1.807) is 14.0 Å². The van der Waals surface area contributed by atoms with Crippen molar-refractivity contribution in [3.05, 3.63) is 35.4 Å². The molecule has 4 heteroatoms. The number of esters is 1. The van der Waals surface area contributed by atoms with Gasteiger partial charge in [-0.1, -0.05) is 24.3 Å². The van der Waals surface area contributed by atoms with Crippen LogP contribution >= 0.6 is 0 Å². The number of likely N-dealkylation sites (N-methyl/N-ethyl adjacent to an activating group) is 1. The second-order valence-electron chi connectivity index (χ2n) is 4.03. The van der Waals surface area contributed by atoms with Crippen molar-refractivity contribution in [2.45, 2.75) is 19.1 Å². The topological polar surface area (TPSA) is 47.6 Å². The monoisotopic (exact) mass is 235 g/mol. The van der Waals surface area contributed by atoms with Crippen LogP contribution in [0.4, 0.5) is 0 Å². The zero-order chi connectivity index (χ0) is 12.3. The molecule has 1 N–H and O–H groups in total. The number of ether oxygens (including phenoxy) is 2. The van der Waals surface area contributed by atoms with Gasteiger partial charge >= 0.3 is 5.97 Å². The maximum Gasteiger partial charge on any atom is 0.333 e. The first kappa shape index (κ1) is 12.1. The SMILES string of the molecule is CCOC(=O)C1(NC)COCc2ccccc21. The Labute approximate surface area is 101 Å². The molecule has 17 heavy (non-hydrogen) atoms. The molecule has 1 aliphatic heterocycles. The summed E-state index contributed by atoms with van der Waals surface area (Å²) >= 11 is 0. The summed E-state index contributed by atoms with van der Waals surface area (Å²) in [4.78, 5) is 12.1. The maximum absolute atomic E-state index is 12.1. The number of rotatable bonds is 3. The summed E-state index contributed by atoms with van der Waals surface area (Å²) in [5.74, 6) is -0.283. The van der Waals surface area contributed by atoms with E-state index in [1.165, 1.54) is 0 Å². The van der Waals surface area contributed by atoms with Crippen LogP contribution in [-0.4, -0.2) is 26.2 Å². The van der Waals surface area contributed by atoms with Gasteiger partial charge in [0.1, 0.15) is 0 Å². The normalized spacial score (nSPS) is 22.9. The fraction of sp³-hybridized carbons (Fsp3) is 0.462. The number of fused-ring (bicyclic) bond motifs is 1. The Kier molecular flexibility index (Phi) is 3.45. The molecule has 0 radical (unpaired) electrons. The highest BCUT2D eigenvalue weighted by atomic mass is 16.5. The highest BCUT2D eigenvalue weighted by Crippen LogP contribution is 2.31. The predicted molar refractivity (Wildman–Crippen MR) is 63.5 cm³/mol. The van der Waals surface area contributed by atoms with Crippen molar-refractivity contribution < 1.29 is 14.3 Å². The molecule has 0 amide bonds. The first-order chi connectivity index (χ1) is 8.24. The molecule has 0 fully saturated rings. The van der Waals surface area contributed by atoms with Crippen LogP contribution in [0.3, 0.4) is 0 Å². The third kappa shape index (κ3) is 1.94. The van der Waals surface area contributed by atoms with Crippen molar-refractivity contribution in [1.82, 2.24) is 5.32 Å². The first-order valence-corrected chi connectivity index (χ1v) is 5.77. The van der Waals surface area contributed by atoms with E-state index in [4.69, 9.17) is 9.47 Å². The summed E-state index contributed by atoms with van der Waals surface area (Å²) in [6, 6.07) is 7.79. The van der Waals surface area contributed by atoms with E-state index < -0.39 is 5.54 Å². The lowest BCUT2D eigenvalue weighted by Crippen LogP contribution is -2.54. The van der Waals surface area contributed by atoms with E-state index in [0.717, 1.165) is 11.1 Å². The minimum absolute atomic E-state index is 0.283. The van der Waals surface area contributed by atoms with Gasteiger partial charge in [-0.05, 0) is 25.1 Å². The van der Waals surface area contributed by atoms with Crippen LogP contribution in [0.5, 0.6) is 0 Å². The van der Waals surface area contributed by atoms with Crippen molar-refractivity contribution >= 4 is 5.97 Å². The molecule has 0 spiro atoms.